The third kappa shape index (κ3) is 4.72. The van der Waals surface area contributed by atoms with E-state index in [1.807, 2.05) is 54.6 Å². The highest BCUT2D eigenvalue weighted by molar-refractivity contribution is 5.82. The third-order valence-electron chi connectivity index (χ3n) is 3.32. The monoisotopic (exact) mass is 284 g/mol. The zero-order valence-corrected chi connectivity index (χ0v) is 12.2. The molecule has 1 N–H and O–H groups in total. The van der Waals surface area contributed by atoms with Gasteiger partial charge in [-0.05, 0) is 23.3 Å². The predicted octanol–water partition coefficient (Wildman–Crippen LogP) is 3.15. The van der Waals surface area contributed by atoms with Gasteiger partial charge in [-0.2, -0.15) is 0 Å². The van der Waals surface area contributed by atoms with Crippen LogP contribution in [0.2, 0.25) is 0 Å². The fourth-order valence-corrected chi connectivity index (χ4v) is 2.04. The number of aliphatic hydroxyl groups is 1. The van der Waals surface area contributed by atoms with Crippen molar-refractivity contribution in [2.45, 2.75) is 32.5 Å². The number of Topliss-reactive ketones (excluding diaryl/α,β-unsaturated/α-hetero) is 1. The van der Waals surface area contributed by atoms with Crippen LogP contribution in [0, 0.1) is 0 Å². The predicted molar refractivity (Wildman–Crippen MR) is 82.2 cm³/mol. The second kappa shape index (κ2) is 7.60. The number of ether oxygens (including phenoxy) is 1. The van der Waals surface area contributed by atoms with Crippen LogP contribution in [0.5, 0.6) is 5.75 Å². The first-order valence-corrected chi connectivity index (χ1v) is 7.15. The summed E-state index contributed by atoms with van der Waals surface area (Å²) in [4.78, 5) is 11.4. The van der Waals surface area contributed by atoms with Crippen molar-refractivity contribution in [3.05, 3.63) is 65.7 Å². The van der Waals surface area contributed by atoms with Crippen molar-refractivity contribution in [1.82, 2.24) is 0 Å². The lowest BCUT2D eigenvalue weighted by molar-refractivity contribution is -0.126. The van der Waals surface area contributed by atoms with Gasteiger partial charge in [0.15, 0.2) is 5.78 Å². The van der Waals surface area contributed by atoms with Crippen molar-refractivity contribution in [1.29, 1.82) is 0 Å². The Labute approximate surface area is 125 Å². The van der Waals surface area contributed by atoms with Crippen molar-refractivity contribution in [2.75, 3.05) is 0 Å². The van der Waals surface area contributed by atoms with Crippen LogP contribution in [0.1, 0.15) is 24.5 Å². The molecule has 0 fully saturated rings. The Morgan fingerprint density at radius 1 is 1.05 bits per heavy atom. The second-order valence-corrected chi connectivity index (χ2v) is 4.96. The number of carbonyl (C=O) groups excluding carboxylic acids is 1. The minimum atomic E-state index is -0.911. The van der Waals surface area contributed by atoms with Crippen molar-refractivity contribution in [3.8, 4) is 5.75 Å². The van der Waals surface area contributed by atoms with Crippen LogP contribution in [0.3, 0.4) is 0 Å². The summed E-state index contributed by atoms with van der Waals surface area (Å²) in [5, 5.41) is 9.71. The van der Waals surface area contributed by atoms with E-state index in [0.717, 1.165) is 16.9 Å². The molecule has 0 amide bonds. The van der Waals surface area contributed by atoms with E-state index in [-0.39, 0.29) is 5.78 Å². The third-order valence-corrected chi connectivity index (χ3v) is 3.32. The molecule has 2 rings (SSSR count). The molecule has 0 saturated heterocycles. The van der Waals surface area contributed by atoms with E-state index in [9.17, 15) is 9.90 Å². The molecule has 0 bridgehead atoms. The highest BCUT2D eigenvalue weighted by atomic mass is 16.5. The van der Waals surface area contributed by atoms with Gasteiger partial charge in [0, 0.05) is 12.8 Å². The molecule has 3 nitrogen and oxygen atoms in total. The number of rotatable bonds is 7. The molecule has 1 unspecified atom stereocenters. The molecule has 2 aromatic carbocycles. The summed E-state index contributed by atoms with van der Waals surface area (Å²) in [5.74, 6) is 0.651. The first-order chi connectivity index (χ1) is 10.2. The average molecular weight is 284 g/mol. The number of benzene rings is 2. The van der Waals surface area contributed by atoms with Crippen LogP contribution >= 0.6 is 0 Å². The SMILES string of the molecule is CCC(=O)C(O)Cc1ccc(OCc2ccccc2)cc1. The maximum absolute atomic E-state index is 11.4. The smallest absolute Gasteiger partial charge is 0.161 e. The van der Waals surface area contributed by atoms with Gasteiger partial charge in [-0.1, -0.05) is 49.4 Å². The molecule has 0 aliphatic rings. The quantitative estimate of drug-likeness (QED) is 0.849. The lowest BCUT2D eigenvalue weighted by atomic mass is 10.0. The highest BCUT2D eigenvalue weighted by Crippen LogP contribution is 2.15. The van der Waals surface area contributed by atoms with Crippen LogP contribution in [0.4, 0.5) is 0 Å². The van der Waals surface area contributed by atoms with E-state index in [0.29, 0.717) is 19.4 Å². The van der Waals surface area contributed by atoms with Gasteiger partial charge < -0.3 is 9.84 Å². The Morgan fingerprint density at radius 2 is 1.71 bits per heavy atom. The first kappa shape index (κ1) is 15.3. The zero-order chi connectivity index (χ0) is 15.1. The molecular weight excluding hydrogens is 264 g/mol. The minimum absolute atomic E-state index is 0.126. The van der Waals surface area contributed by atoms with E-state index in [2.05, 4.69) is 0 Å². The second-order valence-electron chi connectivity index (χ2n) is 4.96. The summed E-state index contributed by atoms with van der Waals surface area (Å²) in [5.41, 5.74) is 2.04. The molecule has 0 aromatic heterocycles. The van der Waals surface area contributed by atoms with Crippen molar-refractivity contribution in [3.63, 3.8) is 0 Å². The summed E-state index contributed by atoms with van der Waals surface area (Å²) in [7, 11) is 0. The molecular formula is C18H20O3. The normalized spacial score (nSPS) is 11.9. The van der Waals surface area contributed by atoms with E-state index in [1.165, 1.54) is 0 Å². The Hall–Kier alpha value is -2.13. The maximum atomic E-state index is 11.4. The van der Waals surface area contributed by atoms with Crippen LogP contribution in [0.25, 0.3) is 0 Å². The summed E-state index contributed by atoms with van der Waals surface area (Å²) >= 11 is 0. The largest absolute Gasteiger partial charge is 0.489 e. The van der Waals surface area contributed by atoms with Crippen molar-refractivity contribution >= 4 is 5.78 Å². The zero-order valence-electron chi connectivity index (χ0n) is 12.2. The average Bonchev–Trinajstić information content (AvgIpc) is 2.54. The molecule has 0 spiro atoms. The summed E-state index contributed by atoms with van der Waals surface area (Å²) in [6.45, 7) is 2.28. The van der Waals surface area contributed by atoms with E-state index in [4.69, 9.17) is 4.74 Å². The van der Waals surface area contributed by atoms with E-state index >= 15 is 0 Å². The molecule has 3 heteroatoms. The Kier molecular flexibility index (Phi) is 5.52. The Morgan fingerprint density at radius 3 is 2.33 bits per heavy atom. The topological polar surface area (TPSA) is 46.5 Å². The van der Waals surface area contributed by atoms with Gasteiger partial charge >= 0.3 is 0 Å². The molecule has 0 heterocycles. The summed E-state index contributed by atoms with van der Waals surface area (Å²) in [6, 6.07) is 17.5. The van der Waals surface area contributed by atoms with Crippen LogP contribution in [-0.2, 0) is 17.8 Å². The number of carbonyl (C=O) groups is 1. The van der Waals surface area contributed by atoms with Crippen molar-refractivity contribution < 1.29 is 14.6 Å². The highest BCUT2D eigenvalue weighted by Gasteiger charge is 2.13. The van der Waals surface area contributed by atoms with Gasteiger partial charge in [0.1, 0.15) is 18.5 Å². The lowest BCUT2D eigenvalue weighted by Gasteiger charge is -2.10. The molecule has 21 heavy (non-hydrogen) atoms. The molecule has 110 valence electrons. The number of ketones is 1. The van der Waals surface area contributed by atoms with Crippen LogP contribution < -0.4 is 4.74 Å². The Bertz CT molecular complexity index is 561. The lowest BCUT2D eigenvalue weighted by Crippen LogP contribution is -2.21. The van der Waals surface area contributed by atoms with Gasteiger partial charge in [0.2, 0.25) is 0 Å². The van der Waals surface area contributed by atoms with E-state index in [1.54, 1.807) is 6.92 Å². The van der Waals surface area contributed by atoms with Gasteiger partial charge in [-0.3, -0.25) is 4.79 Å². The first-order valence-electron chi connectivity index (χ1n) is 7.15. The number of hydrogen-bond donors (Lipinski definition) is 1. The van der Waals surface area contributed by atoms with E-state index < -0.39 is 6.10 Å². The molecule has 0 saturated carbocycles. The molecule has 0 radical (unpaired) electrons. The van der Waals surface area contributed by atoms with Gasteiger partial charge in [-0.15, -0.1) is 0 Å². The standard InChI is InChI=1S/C18H20O3/c1-2-17(19)18(20)12-14-8-10-16(11-9-14)21-13-15-6-4-3-5-7-15/h3-11,18,20H,2,12-13H2,1H3. The van der Waals surface area contributed by atoms with Crippen LogP contribution in [-0.4, -0.2) is 17.0 Å². The fraction of sp³-hybridized carbons (Fsp3) is 0.278. The van der Waals surface area contributed by atoms with Gasteiger partial charge in [-0.25, -0.2) is 0 Å². The van der Waals surface area contributed by atoms with Gasteiger partial charge in [0.25, 0.3) is 0 Å². The number of hydrogen-bond acceptors (Lipinski definition) is 3. The minimum Gasteiger partial charge on any atom is -0.489 e. The van der Waals surface area contributed by atoms with Crippen LogP contribution in [0.15, 0.2) is 54.6 Å². The fourth-order valence-electron chi connectivity index (χ4n) is 2.04. The van der Waals surface area contributed by atoms with Gasteiger partial charge in [0.05, 0.1) is 0 Å². The maximum Gasteiger partial charge on any atom is 0.161 e. The Balaban J connectivity index is 1.88. The van der Waals surface area contributed by atoms with Crippen molar-refractivity contribution in [2.24, 2.45) is 0 Å². The molecule has 0 aliphatic heterocycles. The molecule has 1 atom stereocenters. The summed E-state index contributed by atoms with van der Waals surface area (Å²) in [6.07, 6.45) is -0.198. The molecule has 0 aliphatic carbocycles. The number of aliphatic hydroxyl groups excluding tert-OH is 1. The molecule has 2 aromatic rings. The summed E-state index contributed by atoms with van der Waals surface area (Å²) < 4.78 is 5.69.